The zero-order valence-electron chi connectivity index (χ0n) is 13.9. The molecule has 0 aromatic carbocycles. The van der Waals surface area contributed by atoms with Crippen LogP contribution in [0.1, 0.15) is 11.5 Å². The highest BCUT2D eigenvalue weighted by Gasteiger charge is 2.22. The number of aryl methyl sites for hydroxylation is 1. The lowest BCUT2D eigenvalue weighted by Crippen LogP contribution is -2.52. The molecule has 8 heteroatoms. The van der Waals surface area contributed by atoms with Gasteiger partial charge in [0.25, 0.3) is 0 Å². The normalized spacial score (nSPS) is 14.6. The summed E-state index contributed by atoms with van der Waals surface area (Å²) in [6.45, 7) is 4.95. The summed E-state index contributed by atoms with van der Waals surface area (Å²) < 4.78 is 10.4. The summed E-state index contributed by atoms with van der Waals surface area (Å²) in [5.41, 5.74) is 0.752. The zero-order valence-corrected chi connectivity index (χ0v) is 13.9. The SMILES string of the molecule is COc1ccnc(N2CCN(C(=O)NCc3ncoc3C)CC2)c1. The first-order valence-electron chi connectivity index (χ1n) is 7.84. The minimum atomic E-state index is -0.0874. The predicted octanol–water partition coefficient (Wildman–Crippen LogP) is 1.42. The molecular weight excluding hydrogens is 310 g/mol. The molecule has 1 aliphatic rings. The van der Waals surface area contributed by atoms with Gasteiger partial charge in [-0.1, -0.05) is 0 Å². The Morgan fingerprint density at radius 1 is 1.33 bits per heavy atom. The highest BCUT2D eigenvalue weighted by Crippen LogP contribution is 2.19. The number of aromatic nitrogens is 2. The van der Waals surface area contributed by atoms with Gasteiger partial charge in [0.1, 0.15) is 23.0 Å². The van der Waals surface area contributed by atoms with E-state index in [1.165, 1.54) is 6.39 Å². The molecule has 0 atom stereocenters. The van der Waals surface area contributed by atoms with Gasteiger partial charge in [-0.25, -0.2) is 14.8 Å². The Kier molecular flexibility index (Phi) is 4.83. The molecule has 128 valence electrons. The summed E-state index contributed by atoms with van der Waals surface area (Å²) in [4.78, 5) is 24.6. The molecule has 2 aromatic rings. The Hall–Kier alpha value is -2.77. The number of hydrogen-bond donors (Lipinski definition) is 1. The number of piperazine rings is 1. The van der Waals surface area contributed by atoms with Crippen molar-refractivity contribution in [1.82, 2.24) is 20.2 Å². The first-order valence-corrected chi connectivity index (χ1v) is 7.84. The van der Waals surface area contributed by atoms with Gasteiger partial charge in [-0.15, -0.1) is 0 Å². The van der Waals surface area contributed by atoms with Crippen molar-refractivity contribution >= 4 is 11.8 Å². The quantitative estimate of drug-likeness (QED) is 0.912. The summed E-state index contributed by atoms with van der Waals surface area (Å²) >= 11 is 0. The number of amides is 2. The molecule has 24 heavy (non-hydrogen) atoms. The summed E-state index contributed by atoms with van der Waals surface area (Å²) in [6, 6.07) is 3.64. The third kappa shape index (κ3) is 3.58. The lowest BCUT2D eigenvalue weighted by atomic mass is 10.3. The van der Waals surface area contributed by atoms with Crippen LogP contribution >= 0.6 is 0 Å². The van der Waals surface area contributed by atoms with Gasteiger partial charge in [0.2, 0.25) is 0 Å². The van der Waals surface area contributed by atoms with Crippen LogP contribution in [0.5, 0.6) is 5.75 Å². The molecule has 0 saturated carbocycles. The summed E-state index contributed by atoms with van der Waals surface area (Å²) in [7, 11) is 1.64. The van der Waals surface area contributed by atoms with E-state index in [0.717, 1.165) is 36.1 Å². The highest BCUT2D eigenvalue weighted by atomic mass is 16.5. The Labute approximate surface area is 140 Å². The van der Waals surface area contributed by atoms with Crippen molar-refractivity contribution in [2.24, 2.45) is 0 Å². The van der Waals surface area contributed by atoms with Gasteiger partial charge < -0.3 is 24.3 Å². The fourth-order valence-electron chi connectivity index (χ4n) is 2.61. The predicted molar refractivity (Wildman–Crippen MR) is 88.1 cm³/mol. The number of methoxy groups -OCH3 is 1. The molecule has 0 aliphatic carbocycles. The van der Waals surface area contributed by atoms with Crippen LogP contribution in [0, 0.1) is 6.92 Å². The first-order chi connectivity index (χ1) is 11.7. The minimum absolute atomic E-state index is 0.0874. The van der Waals surface area contributed by atoms with Crippen LogP contribution in [0.25, 0.3) is 0 Å². The van der Waals surface area contributed by atoms with Crippen LogP contribution in [0.4, 0.5) is 10.6 Å². The number of anilines is 1. The number of pyridine rings is 1. The maximum atomic E-state index is 12.3. The van der Waals surface area contributed by atoms with E-state index in [-0.39, 0.29) is 6.03 Å². The fraction of sp³-hybridized carbons (Fsp3) is 0.438. The Bertz CT molecular complexity index is 695. The third-order valence-corrected chi connectivity index (χ3v) is 4.10. The number of oxazole rings is 1. The van der Waals surface area contributed by atoms with Crippen molar-refractivity contribution in [2.45, 2.75) is 13.5 Å². The van der Waals surface area contributed by atoms with Crippen molar-refractivity contribution < 1.29 is 13.9 Å². The number of urea groups is 1. The lowest BCUT2D eigenvalue weighted by molar-refractivity contribution is 0.193. The minimum Gasteiger partial charge on any atom is -0.497 e. The number of nitrogens with one attached hydrogen (secondary N) is 1. The molecular formula is C16H21N5O3. The molecule has 8 nitrogen and oxygen atoms in total. The number of rotatable bonds is 4. The second kappa shape index (κ2) is 7.20. The molecule has 0 radical (unpaired) electrons. The Balaban J connectivity index is 1.51. The van der Waals surface area contributed by atoms with Crippen molar-refractivity contribution in [3.63, 3.8) is 0 Å². The van der Waals surface area contributed by atoms with Gasteiger partial charge >= 0.3 is 6.03 Å². The van der Waals surface area contributed by atoms with Crippen LogP contribution in [0.2, 0.25) is 0 Å². The van der Waals surface area contributed by atoms with Crippen LogP contribution in [-0.4, -0.2) is 54.2 Å². The highest BCUT2D eigenvalue weighted by molar-refractivity contribution is 5.74. The molecule has 1 fully saturated rings. The molecule has 2 amide bonds. The maximum Gasteiger partial charge on any atom is 0.317 e. The molecule has 3 heterocycles. The summed E-state index contributed by atoms with van der Waals surface area (Å²) in [5, 5.41) is 2.88. The van der Waals surface area contributed by atoms with Crippen molar-refractivity contribution in [1.29, 1.82) is 0 Å². The maximum absolute atomic E-state index is 12.3. The van der Waals surface area contributed by atoms with Crippen molar-refractivity contribution in [2.75, 3.05) is 38.2 Å². The van der Waals surface area contributed by atoms with Gasteiger partial charge in [0.15, 0.2) is 6.39 Å². The Morgan fingerprint density at radius 2 is 2.12 bits per heavy atom. The smallest absolute Gasteiger partial charge is 0.317 e. The van der Waals surface area contributed by atoms with Gasteiger partial charge in [0, 0.05) is 38.4 Å². The molecule has 1 aliphatic heterocycles. The van der Waals surface area contributed by atoms with E-state index in [9.17, 15) is 4.79 Å². The second-order valence-corrected chi connectivity index (χ2v) is 5.54. The van der Waals surface area contributed by atoms with E-state index >= 15 is 0 Å². The van der Waals surface area contributed by atoms with Crippen LogP contribution < -0.4 is 15.0 Å². The molecule has 1 N–H and O–H groups in total. The molecule has 0 bridgehead atoms. The van der Waals surface area contributed by atoms with Crippen LogP contribution in [-0.2, 0) is 6.54 Å². The number of carbonyl (C=O) groups is 1. The molecule has 1 saturated heterocycles. The number of nitrogens with zero attached hydrogens (tertiary/aromatic N) is 4. The van der Waals surface area contributed by atoms with E-state index in [0.29, 0.717) is 19.6 Å². The van der Waals surface area contributed by atoms with Crippen molar-refractivity contribution in [3.8, 4) is 5.75 Å². The first kappa shape index (κ1) is 16.1. The number of carbonyl (C=O) groups excluding carboxylic acids is 1. The average molecular weight is 331 g/mol. The standard InChI is InChI=1S/C16H21N5O3/c1-12-14(19-11-24-12)10-18-16(22)21-7-5-20(6-8-21)15-9-13(23-2)3-4-17-15/h3-4,9,11H,5-8,10H2,1-2H3,(H,18,22). The largest absolute Gasteiger partial charge is 0.497 e. The number of hydrogen-bond acceptors (Lipinski definition) is 6. The van der Waals surface area contributed by atoms with Crippen LogP contribution in [0.15, 0.2) is 29.1 Å². The van der Waals surface area contributed by atoms with E-state index < -0.39 is 0 Å². The van der Waals surface area contributed by atoms with E-state index in [4.69, 9.17) is 9.15 Å². The van der Waals surface area contributed by atoms with Gasteiger partial charge in [-0.05, 0) is 13.0 Å². The van der Waals surface area contributed by atoms with Gasteiger partial charge in [-0.3, -0.25) is 0 Å². The van der Waals surface area contributed by atoms with Gasteiger partial charge in [0.05, 0.1) is 13.7 Å². The molecule has 0 spiro atoms. The molecule has 3 rings (SSSR count). The topological polar surface area (TPSA) is 83.7 Å². The average Bonchev–Trinajstić information content (AvgIpc) is 3.05. The lowest BCUT2D eigenvalue weighted by Gasteiger charge is -2.35. The monoisotopic (exact) mass is 331 g/mol. The van der Waals surface area contributed by atoms with E-state index in [1.54, 1.807) is 18.2 Å². The molecule has 2 aromatic heterocycles. The van der Waals surface area contributed by atoms with Crippen LogP contribution in [0.3, 0.4) is 0 Å². The van der Waals surface area contributed by atoms with Gasteiger partial charge in [-0.2, -0.15) is 0 Å². The van der Waals surface area contributed by atoms with Crippen molar-refractivity contribution in [3.05, 3.63) is 36.2 Å². The van der Waals surface area contributed by atoms with E-state index in [2.05, 4.69) is 20.2 Å². The molecule has 0 unspecified atom stereocenters. The number of ether oxygens (including phenoxy) is 1. The fourth-order valence-corrected chi connectivity index (χ4v) is 2.61. The summed E-state index contributed by atoms with van der Waals surface area (Å²) in [5.74, 6) is 2.38. The third-order valence-electron chi connectivity index (χ3n) is 4.10. The van der Waals surface area contributed by atoms with E-state index in [1.807, 2.05) is 19.1 Å². The summed E-state index contributed by atoms with van der Waals surface area (Å²) in [6.07, 6.45) is 3.12. The zero-order chi connectivity index (χ0) is 16.9. The Morgan fingerprint density at radius 3 is 2.79 bits per heavy atom. The second-order valence-electron chi connectivity index (χ2n) is 5.54.